The quantitative estimate of drug-likeness (QED) is 0.570. The second-order valence-electron chi connectivity index (χ2n) is 7.86. The lowest BCUT2D eigenvalue weighted by Gasteiger charge is -2.34. The molecule has 33 heavy (non-hydrogen) atoms. The summed E-state index contributed by atoms with van der Waals surface area (Å²) in [5.41, 5.74) is 1.43. The van der Waals surface area contributed by atoms with Crippen molar-refractivity contribution in [1.29, 1.82) is 0 Å². The van der Waals surface area contributed by atoms with Crippen LogP contribution in [0.3, 0.4) is 0 Å². The molecule has 0 unspecified atom stereocenters. The fourth-order valence-electron chi connectivity index (χ4n) is 3.87. The maximum atomic E-state index is 13.0. The van der Waals surface area contributed by atoms with Crippen molar-refractivity contribution in [3.05, 3.63) is 84.9 Å². The number of rotatable bonds is 6. The summed E-state index contributed by atoms with van der Waals surface area (Å²) in [6, 6.07) is 20.0. The van der Waals surface area contributed by atoms with Gasteiger partial charge in [0, 0.05) is 31.9 Å². The molecule has 7 nitrogen and oxygen atoms in total. The molecule has 0 radical (unpaired) electrons. The summed E-state index contributed by atoms with van der Waals surface area (Å²) < 4.78 is 27.4. The van der Waals surface area contributed by atoms with Crippen molar-refractivity contribution in [1.82, 2.24) is 9.21 Å². The first-order chi connectivity index (χ1) is 15.9. The summed E-state index contributed by atoms with van der Waals surface area (Å²) in [6.07, 6.45) is 1.43. The zero-order valence-corrected chi connectivity index (χ0v) is 18.9. The first-order valence-corrected chi connectivity index (χ1v) is 12.1. The molecule has 1 fully saturated rings. The molecule has 1 N–H and O–H groups in total. The van der Waals surface area contributed by atoms with Gasteiger partial charge in [0.1, 0.15) is 0 Å². The molecule has 8 heteroatoms. The molecule has 1 aliphatic heterocycles. The zero-order chi connectivity index (χ0) is 23.4. The van der Waals surface area contributed by atoms with Crippen LogP contribution in [0.2, 0.25) is 0 Å². The van der Waals surface area contributed by atoms with Crippen molar-refractivity contribution in [2.24, 2.45) is 0 Å². The lowest BCUT2D eigenvalue weighted by atomic mass is 10.0. The van der Waals surface area contributed by atoms with Gasteiger partial charge in [-0.15, -0.1) is 0 Å². The predicted molar refractivity (Wildman–Crippen MR) is 128 cm³/mol. The van der Waals surface area contributed by atoms with Crippen molar-refractivity contribution in [3.8, 4) is 0 Å². The minimum absolute atomic E-state index is 0.00959. The number of hydrogen-bond acceptors (Lipinski definition) is 4. The average molecular weight is 464 g/mol. The van der Waals surface area contributed by atoms with Gasteiger partial charge in [-0.3, -0.25) is 9.59 Å². The summed E-state index contributed by atoms with van der Waals surface area (Å²) in [4.78, 5) is 26.0. The standard InChI is InChI=1S/C25H25N3O4S/c1-2-24(29)26-22-9-11-23(12-10-22)33(31,32)28-15-13-27(14-16-28)25(30)18-19-7-8-20-5-3-4-6-21(20)17-19/h2-12,17H,1,13-16,18H2,(H,26,29). The Morgan fingerprint density at radius 3 is 2.24 bits per heavy atom. The first-order valence-electron chi connectivity index (χ1n) is 10.7. The van der Waals surface area contributed by atoms with Crippen molar-refractivity contribution in [3.63, 3.8) is 0 Å². The molecule has 3 aromatic rings. The Hall–Kier alpha value is -3.49. The van der Waals surface area contributed by atoms with Crippen LogP contribution in [0, 0.1) is 0 Å². The van der Waals surface area contributed by atoms with Gasteiger partial charge in [-0.2, -0.15) is 4.31 Å². The molecule has 1 saturated heterocycles. The smallest absolute Gasteiger partial charge is 0.247 e. The molecule has 0 spiro atoms. The highest BCUT2D eigenvalue weighted by Crippen LogP contribution is 2.21. The predicted octanol–water partition coefficient (Wildman–Crippen LogP) is 3.04. The van der Waals surface area contributed by atoms with Crippen molar-refractivity contribution < 1.29 is 18.0 Å². The number of hydrogen-bond donors (Lipinski definition) is 1. The molecule has 1 aliphatic rings. The van der Waals surface area contributed by atoms with E-state index in [9.17, 15) is 18.0 Å². The SMILES string of the molecule is C=CC(=O)Nc1ccc(S(=O)(=O)N2CCN(C(=O)Cc3ccc4ccccc4c3)CC2)cc1. The fourth-order valence-corrected chi connectivity index (χ4v) is 5.29. The molecule has 2 amide bonds. The van der Waals surface area contributed by atoms with Gasteiger partial charge >= 0.3 is 0 Å². The topological polar surface area (TPSA) is 86.8 Å². The van der Waals surface area contributed by atoms with Crippen LogP contribution < -0.4 is 5.32 Å². The number of carbonyl (C=O) groups is 2. The lowest BCUT2D eigenvalue weighted by Crippen LogP contribution is -2.50. The van der Waals surface area contributed by atoms with Gasteiger partial charge in [-0.1, -0.05) is 49.0 Å². The van der Waals surface area contributed by atoms with Crippen LogP contribution in [0.5, 0.6) is 0 Å². The Morgan fingerprint density at radius 2 is 1.58 bits per heavy atom. The van der Waals surface area contributed by atoms with E-state index in [1.165, 1.54) is 28.6 Å². The van der Waals surface area contributed by atoms with E-state index >= 15 is 0 Å². The number of nitrogens with one attached hydrogen (secondary N) is 1. The van der Waals surface area contributed by atoms with Gasteiger partial charge in [0.05, 0.1) is 11.3 Å². The van der Waals surface area contributed by atoms with E-state index in [1.54, 1.807) is 4.90 Å². The molecule has 0 atom stereocenters. The van der Waals surface area contributed by atoms with E-state index in [2.05, 4.69) is 11.9 Å². The van der Waals surface area contributed by atoms with E-state index in [-0.39, 0.29) is 36.2 Å². The third-order valence-corrected chi connectivity index (χ3v) is 7.62. The maximum Gasteiger partial charge on any atom is 0.247 e. The Bertz CT molecular complexity index is 1290. The van der Waals surface area contributed by atoms with Crippen LogP contribution in [0.25, 0.3) is 10.8 Å². The van der Waals surface area contributed by atoms with Gasteiger partial charge < -0.3 is 10.2 Å². The molecule has 3 aromatic carbocycles. The minimum atomic E-state index is -3.68. The summed E-state index contributed by atoms with van der Waals surface area (Å²) in [6.45, 7) is 4.55. The second-order valence-corrected chi connectivity index (χ2v) is 9.80. The van der Waals surface area contributed by atoms with E-state index in [4.69, 9.17) is 0 Å². The van der Waals surface area contributed by atoms with Crippen LogP contribution in [0.1, 0.15) is 5.56 Å². The molecule has 0 saturated carbocycles. The number of piperazine rings is 1. The number of amides is 2. The van der Waals surface area contributed by atoms with E-state index < -0.39 is 10.0 Å². The Balaban J connectivity index is 1.36. The van der Waals surface area contributed by atoms with Gasteiger partial charge in [0.2, 0.25) is 21.8 Å². The monoisotopic (exact) mass is 463 g/mol. The average Bonchev–Trinajstić information content (AvgIpc) is 2.84. The Kier molecular flexibility index (Phi) is 6.57. The number of sulfonamides is 1. The summed E-state index contributed by atoms with van der Waals surface area (Å²) in [5, 5.41) is 4.81. The van der Waals surface area contributed by atoms with E-state index in [0.29, 0.717) is 18.8 Å². The Morgan fingerprint density at radius 1 is 0.909 bits per heavy atom. The largest absolute Gasteiger partial charge is 0.340 e. The second kappa shape index (κ2) is 9.56. The first kappa shape index (κ1) is 22.7. The molecular formula is C25H25N3O4S. The molecule has 1 heterocycles. The van der Waals surface area contributed by atoms with Gasteiger partial charge in [-0.25, -0.2) is 8.42 Å². The molecule has 170 valence electrons. The maximum absolute atomic E-state index is 13.0. The molecule has 0 bridgehead atoms. The van der Waals surface area contributed by atoms with E-state index in [0.717, 1.165) is 22.4 Å². The minimum Gasteiger partial charge on any atom is -0.340 e. The third-order valence-electron chi connectivity index (χ3n) is 5.71. The summed E-state index contributed by atoms with van der Waals surface area (Å²) in [7, 11) is -3.68. The van der Waals surface area contributed by atoms with Crippen LogP contribution in [0.4, 0.5) is 5.69 Å². The van der Waals surface area contributed by atoms with Crippen LogP contribution in [0.15, 0.2) is 84.3 Å². The Labute approximate surface area is 193 Å². The zero-order valence-electron chi connectivity index (χ0n) is 18.1. The number of nitrogens with zero attached hydrogens (tertiary/aromatic N) is 2. The van der Waals surface area contributed by atoms with Crippen molar-refractivity contribution in [2.75, 3.05) is 31.5 Å². The highest BCUT2D eigenvalue weighted by molar-refractivity contribution is 7.89. The molecule has 0 aliphatic carbocycles. The van der Waals surface area contributed by atoms with Crippen LogP contribution in [-0.2, 0) is 26.0 Å². The number of anilines is 1. The van der Waals surface area contributed by atoms with Crippen LogP contribution in [-0.4, -0.2) is 55.6 Å². The highest BCUT2D eigenvalue weighted by atomic mass is 32.2. The number of carbonyl (C=O) groups excluding carboxylic acids is 2. The fraction of sp³-hybridized carbons (Fsp3) is 0.200. The molecular weight excluding hydrogens is 438 g/mol. The van der Waals surface area contributed by atoms with Crippen molar-refractivity contribution >= 4 is 38.3 Å². The normalized spacial score (nSPS) is 14.7. The highest BCUT2D eigenvalue weighted by Gasteiger charge is 2.30. The lowest BCUT2D eigenvalue weighted by molar-refractivity contribution is -0.131. The third kappa shape index (κ3) is 5.13. The molecule has 0 aromatic heterocycles. The summed E-state index contributed by atoms with van der Waals surface area (Å²) in [5.74, 6) is -0.375. The van der Waals surface area contributed by atoms with Crippen LogP contribution >= 0.6 is 0 Å². The van der Waals surface area contributed by atoms with Gasteiger partial charge in [-0.05, 0) is 46.7 Å². The summed E-state index contributed by atoms with van der Waals surface area (Å²) >= 11 is 0. The number of fused-ring (bicyclic) bond motifs is 1. The molecule has 4 rings (SSSR count). The van der Waals surface area contributed by atoms with Gasteiger partial charge in [0.15, 0.2) is 0 Å². The van der Waals surface area contributed by atoms with E-state index in [1.807, 2.05) is 42.5 Å². The van der Waals surface area contributed by atoms with Crippen molar-refractivity contribution in [2.45, 2.75) is 11.3 Å². The van der Waals surface area contributed by atoms with Gasteiger partial charge in [0.25, 0.3) is 0 Å². The number of benzene rings is 3.